The predicted molar refractivity (Wildman–Crippen MR) is 84.9 cm³/mol. The van der Waals surface area contributed by atoms with E-state index >= 15 is 0 Å². The third-order valence-electron chi connectivity index (χ3n) is 3.01. The number of hydrogen-bond acceptors (Lipinski definition) is 5. The molecule has 0 aliphatic rings. The van der Waals surface area contributed by atoms with Gasteiger partial charge in [-0.25, -0.2) is 0 Å². The molecule has 0 amide bonds. The van der Waals surface area contributed by atoms with E-state index in [9.17, 15) is 4.79 Å². The molecule has 0 radical (unpaired) electrons. The van der Waals surface area contributed by atoms with E-state index in [2.05, 4.69) is 22.5 Å². The van der Waals surface area contributed by atoms with Gasteiger partial charge in [0, 0.05) is 23.2 Å². The van der Waals surface area contributed by atoms with Crippen molar-refractivity contribution < 1.29 is 14.6 Å². The summed E-state index contributed by atoms with van der Waals surface area (Å²) in [7, 11) is 0. The summed E-state index contributed by atoms with van der Waals surface area (Å²) >= 11 is 4.61. The first-order valence-electron chi connectivity index (χ1n) is 6.51. The van der Waals surface area contributed by atoms with Crippen molar-refractivity contribution in [1.82, 2.24) is 10.3 Å². The number of carbonyl (C=O) groups is 1. The average Bonchev–Trinajstić information content (AvgIpc) is 2.50. The minimum absolute atomic E-state index is 0.0423. The molecule has 1 heterocycles. The number of thiocarbonyl (C=S) groups is 1. The largest absolute Gasteiger partial charge is 0.501 e. The Morgan fingerprint density at radius 3 is 3.05 bits per heavy atom. The quantitative estimate of drug-likeness (QED) is 0.763. The Morgan fingerprint density at radius 2 is 2.29 bits per heavy atom. The molecular weight excluding hydrogens is 288 g/mol. The molecule has 0 fully saturated rings. The predicted octanol–water partition coefficient (Wildman–Crippen LogP) is 2.05. The molecule has 2 N–H and O–H groups in total. The number of benzene rings is 1. The maximum atomic E-state index is 11.8. The van der Waals surface area contributed by atoms with Crippen molar-refractivity contribution in [1.29, 1.82) is 0 Å². The summed E-state index contributed by atoms with van der Waals surface area (Å²) in [5, 5.41) is 13.6. The minimum atomic E-state index is -0.396. The van der Waals surface area contributed by atoms with E-state index in [-0.39, 0.29) is 24.0 Å². The minimum Gasteiger partial charge on any atom is -0.501 e. The molecule has 0 bridgehead atoms. The number of aromatic nitrogens is 1. The van der Waals surface area contributed by atoms with Gasteiger partial charge in [-0.15, -0.1) is 0 Å². The summed E-state index contributed by atoms with van der Waals surface area (Å²) in [6.07, 6.45) is 3.43. The molecule has 2 rings (SSSR count). The van der Waals surface area contributed by atoms with Gasteiger partial charge in [-0.2, -0.15) is 0 Å². The topological polar surface area (TPSA) is 71.5 Å². The first kappa shape index (κ1) is 15.3. The number of carbonyl (C=O) groups excluding carboxylic acids is 1. The number of hydrogen-bond donors (Lipinski definition) is 2. The lowest BCUT2D eigenvalue weighted by Gasteiger charge is -2.11. The summed E-state index contributed by atoms with van der Waals surface area (Å²) in [5.74, 6) is 0.526. The van der Waals surface area contributed by atoms with Crippen LogP contribution in [0.5, 0.6) is 5.75 Å². The smallest absolute Gasteiger partial charge is 0.183 e. The van der Waals surface area contributed by atoms with Crippen molar-refractivity contribution in [2.45, 2.75) is 13.0 Å². The molecule has 0 unspecified atom stereocenters. The van der Waals surface area contributed by atoms with Crippen LogP contribution in [0.4, 0.5) is 0 Å². The van der Waals surface area contributed by atoms with Crippen molar-refractivity contribution in [3.05, 3.63) is 36.7 Å². The van der Waals surface area contributed by atoms with E-state index in [1.54, 1.807) is 19.3 Å². The second-order valence-corrected chi connectivity index (χ2v) is 5.04. The monoisotopic (exact) mass is 304 g/mol. The Morgan fingerprint density at radius 1 is 1.48 bits per heavy atom. The fraction of sp³-hybridized carbons (Fsp3) is 0.267. The Bertz CT molecular complexity index is 655. The molecule has 0 spiro atoms. The fourth-order valence-corrected chi connectivity index (χ4v) is 1.87. The molecule has 0 aliphatic heterocycles. The number of ether oxygens (including phenoxy) is 1. The highest BCUT2D eigenvalue weighted by Gasteiger charge is 2.10. The normalized spacial score (nSPS) is 12.0. The molecule has 110 valence electrons. The third-order valence-corrected chi connectivity index (χ3v) is 3.36. The van der Waals surface area contributed by atoms with Gasteiger partial charge in [0.25, 0.3) is 0 Å². The number of pyridine rings is 1. The van der Waals surface area contributed by atoms with Crippen LogP contribution in [0.3, 0.4) is 0 Å². The lowest BCUT2D eigenvalue weighted by atomic mass is 10.1. The van der Waals surface area contributed by atoms with Crippen LogP contribution in [-0.4, -0.2) is 40.1 Å². The zero-order valence-electron chi connectivity index (χ0n) is 11.6. The molecule has 0 saturated heterocycles. The van der Waals surface area contributed by atoms with Crippen molar-refractivity contribution in [2.24, 2.45) is 0 Å². The number of nitrogens with zero attached hydrogens (tertiary/aromatic N) is 1. The van der Waals surface area contributed by atoms with Crippen LogP contribution in [0.1, 0.15) is 6.92 Å². The third kappa shape index (κ3) is 4.21. The molecule has 1 aromatic heterocycles. The highest BCUT2D eigenvalue weighted by Crippen LogP contribution is 2.24. The van der Waals surface area contributed by atoms with Gasteiger partial charge in [0.2, 0.25) is 0 Å². The fourth-order valence-electron chi connectivity index (χ4n) is 1.78. The zero-order chi connectivity index (χ0) is 15.2. The first-order chi connectivity index (χ1) is 10.1. The summed E-state index contributed by atoms with van der Waals surface area (Å²) in [6, 6.07) is 7.05. The van der Waals surface area contributed by atoms with Gasteiger partial charge < -0.3 is 9.84 Å². The van der Waals surface area contributed by atoms with Crippen molar-refractivity contribution >= 4 is 33.8 Å². The number of nitrogens with one attached hydrogen (secondary N) is 1. The maximum absolute atomic E-state index is 11.8. The molecular formula is C15H16N2O3S. The lowest BCUT2D eigenvalue weighted by molar-refractivity contribution is -0.120. The summed E-state index contributed by atoms with van der Waals surface area (Å²) in [6.45, 7) is 1.74. The standard InChI is InChI=1S/C15H16N2O3S/c1-10(15(19)21)17-8-12(18)9-20-14-4-2-3-11-7-16-6-5-13(11)14/h2-7,10,17H,8-9H2,1H3,(H,19,21)/t10-/m0/s1. The van der Waals surface area contributed by atoms with E-state index < -0.39 is 6.04 Å². The molecule has 0 aliphatic carbocycles. The zero-order valence-corrected chi connectivity index (χ0v) is 12.4. The van der Waals surface area contributed by atoms with Crippen LogP contribution in [0.2, 0.25) is 0 Å². The number of aliphatic hydroxyl groups is 1. The molecule has 1 atom stereocenters. The van der Waals surface area contributed by atoms with Crippen LogP contribution in [0.25, 0.3) is 10.8 Å². The van der Waals surface area contributed by atoms with Gasteiger partial charge in [-0.05, 0) is 31.3 Å². The van der Waals surface area contributed by atoms with Crippen LogP contribution in [0.15, 0.2) is 36.7 Å². The molecule has 21 heavy (non-hydrogen) atoms. The van der Waals surface area contributed by atoms with E-state index in [1.165, 1.54) is 0 Å². The average molecular weight is 304 g/mol. The Hall–Kier alpha value is -2.05. The summed E-state index contributed by atoms with van der Waals surface area (Å²) in [4.78, 5) is 15.8. The van der Waals surface area contributed by atoms with E-state index in [0.29, 0.717) is 5.75 Å². The Labute approximate surface area is 128 Å². The van der Waals surface area contributed by atoms with Gasteiger partial charge in [0.05, 0.1) is 12.6 Å². The van der Waals surface area contributed by atoms with E-state index in [0.717, 1.165) is 10.8 Å². The Kier molecular flexibility index (Phi) is 5.19. The maximum Gasteiger partial charge on any atom is 0.183 e. The molecule has 6 heteroatoms. The van der Waals surface area contributed by atoms with Gasteiger partial charge >= 0.3 is 0 Å². The van der Waals surface area contributed by atoms with Gasteiger partial charge in [0.15, 0.2) is 10.8 Å². The van der Waals surface area contributed by atoms with Crippen molar-refractivity contribution in [3.63, 3.8) is 0 Å². The number of Topliss-reactive ketones (excluding diaryl/α,β-unsaturated/α-hetero) is 1. The molecule has 5 nitrogen and oxygen atoms in total. The van der Waals surface area contributed by atoms with Crippen molar-refractivity contribution in [2.75, 3.05) is 13.2 Å². The van der Waals surface area contributed by atoms with Crippen LogP contribution in [0, 0.1) is 0 Å². The van der Waals surface area contributed by atoms with Gasteiger partial charge in [0.1, 0.15) is 12.4 Å². The number of rotatable bonds is 7. The number of fused-ring (bicyclic) bond motifs is 1. The highest BCUT2D eigenvalue weighted by molar-refractivity contribution is 7.80. The second-order valence-electron chi connectivity index (χ2n) is 4.62. The Balaban J connectivity index is 1.93. The highest BCUT2D eigenvalue weighted by atomic mass is 32.1. The van der Waals surface area contributed by atoms with Gasteiger partial charge in [-0.1, -0.05) is 12.1 Å². The molecule has 0 saturated carbocycles. The molecule has 2 aromatic rings. The summed E-state index contributed by atoms with van der Waals surface area (Å²) < 4.78 is 5.56. The van der Waals surface area contributed by atoms with Crippen LogP contribution in [-0.2, 0) is 4.79 Å². The number of ketones is 1. The number of aliphatic hydroxyl groups excluding tert-OH is 1. The van der Waals surface area contributed by atoms with Crippen LogP contribution >= 0.6 is 12.2 Å². The SMILES string of the molecule is C[C@H](NCC(=O)COc1cccc2cnccc12)C(O)=S. The second kappa shape index (κ2) is 7.10. The van der Waals surface area contributed by atoms with Crippen LogP contribution < -0.4 is 10.1 Å². The first-order valence-corrected chi connectivity index (χ1v) is 6.92. The van der Waals surface area contributed by atoms with E-state index in [4.69, 9.17) is 9.84 Å². The van der Waals surface area contributed by atoms with E-state index in [1.807, 2.05) is 24.3 Å². The van der Waals surface area contributed by atoms with Crippen molar-refractivity contribution in [3.8, 4) is 5.75 Å². The molecule has 1 aromatic carbocycles. The van der Waals surface area contributed by atoms with Gasteiger partial charge in [-0.3, -0.25) is 15.1 Å². The summed E-state index contributed by atoms with van der Waals surface area (Å²) in [5.41, 5.74) is 0. The lowest BCUT2D eigenvalue weighted by Crippen LogP contribution is -2.37.